The molecular weight excluding hydrogens is 338 g/mol. The highest BCUT2D eigenvalue weighted by atomic mass is 32.2. The zero-order chi connectivity index (χ0) is 18.4. The molecule has 2 aromatic rings. The summed E-state index contributed by atoms with van der Waals surface area (Å²) in [7, 11) is -0.293. The van der Waals surface area contributed by atoms with E-state index < -0.39 is 16.1 Å². The number of β-amino-alcohol motifs (C(OH)–C–C–N with tert-alkyl or cyclic N) is 1. The highest BCUT2D eigenvalue weighted by Crippen LogP contribution is 2.32. The first-order chi connectivity index (χ1) is 11.7. The average Bonchev–Trinajstić information content (AvgIpc) is 2.90. The fourth-order valence-corrected chi connectivity index (χ4v) is 4.52. The Kier molecular flexibility index (Phi) is 4.74. The predicted molar refractivity (Wildman–Crippen MR) is 100 cm³/mol. The number of aliphatic hydroxyl groups excluding tert-OH is 1. The number of aryl methyl sites for hydroxylation is 2. The molecule has 0 saturated carbocycles. The summed E-state index contributed by atoms with van der Waals surface area (Å²) in [6, 6.07) is 6.06. The molecule has 0 radical (unpaired) electrons. The Morgan fingerprint density at radius 2 is 1.96 bits per heavy atom. The van der Waals surface area contributed by atoms with Gasteiger partial charge in [-0.15, -0.1) is 0 Å². The van der Waals surface area contributed by atoms with Crippen LogP contribution in [0, 0.1) is 19.8 Å². The van der Waals surface area contributed by atoms with Gasteiger partial charge in [0.2, 0.25) is 10.0 Å². The van der Waals surface area contributed by atoms with Crippen molar-refractivity contribution in [2.45, 2.75) is 20.0 Å². The second kappa shape index (κ2) is 6.55. The van der Waals surface area contributed by atoms with Crippen molar-refractivity contribution in [3.63, 3.8) is 0 Å². The van der Waals surface area contributed by atoms with E-state index in [1.54, 1.807) is 6.20 Å². The van der Waals surface area contributed by atoms with Crippen LogP contribution in [0.15, 0.2) is 24.4 Å². The lowest BCUT2D eigenvalue weighted by Gasteiger charge is -2.21. The van der Waals surface area contributed by atoms with Crippen LogP contribution in [-0.2, 0) is 10.0 Å². The zero-order valence-corrected chi connectivity index (χ0v) is 15.9. The Hall–Kier alpha value is -1.70. The van der Waals surface area contributed by atoms with Crippen LogP contribution in [-0.4, -0.2) is 61.9 Å². The minimum Gasteiger partial charge on any atom is -0.391 e. The fourth-order valence-electron chi connectivity index (χ4n) is 3.36. The lowest BCUT2D eigenvalue weighted by molar-refractivity contribution is 0.157. The van der Waals surface area contributed by atoms with Crippen molar-refractivity contribution in [3.05, 3.63) is 35.5 Å². The van der Waals surface area contributed by atoms with Gasteiger partial charge in [0, 0.05) is 50.4 Å². The van der Waals surface area contributed by atoms with Crippen LogP contribution in [0.1, 0.15) is 11.1 Å². The molecule has 0 bridgehead atoms. The number of aromatic nitrogens is 1. The van der Waals surface area contributed by atoms with Crippen molar-refractivity contribution >= 4 is 26.6 Å². The summed E-state index contributed by atoms with van der Waals surface area (Å²) in [5.41, 5.74) is 4.28. The van der Waals surface area contributed by atoms with Crippen molar-refractivity contribution in [2.75, 3.05) is 37.8 Å². The Labute approximate surface area is 149 Å². The zero-order valence-electron chi connectivity index (χ0n) is 15.1. The smallest absolute Gasteiger partial charge is 0.214 e. The molecule has 0 amide bonds. The summed E-state index contributed by atoms with van der Waals surface area (Å²) in [5, 5.41) is 11.4. The number of anilines is 1. The standard InChI is InChI=1S/C18H25N3O3S/c1-12-5-6-15-16(7-8-19-18(15)13(12)2)21-9-14(17(22)10-21)11-25(23,24)20(3)4/h5-8,14,17,22H,9-11H2,1-4H3/t14-,17+/m0/s1. The van der Waals surface area contributed by atoms with E-state index in [1.807, 2.05) is 6.07 Å². The Bertz CT molecular complexity index is 896. The topological polar surface area (TPSA) is 73.7 Å². The van der Waals surface area contributed by atoms with Crippen molar-refractivity contribution in [1.82, 2.24) is 9.29 Å². The lowest BCUT2D eigenvalue weighted by atomic mass is 10.0. The van der Waals surface area contributed by atoms with Crippen LogP contribution >= 0.6 is 0 Å². The molecule has 25 heavy (non-hydrogen) atoms. The van der Waals surface area contributed by atoms with Gasteiger partial charge < -0.3 is 10.0 Å². The van der Waals surface area contributed by atoms with Gasteiger partial charge in [0.05, 0.1) is 17.4 Å². The third-order valence-electron chi connectivity index (χ3n) is 5.14. The Morgan fingerprint density at radius 3 is 2.64 bits per heavy atom. The first kappa shape index (κ1) is 18.1. The molecule has 1 aromatic carbocycles. The molecule has 0 spiro atoms. The summed E-state index contributed by atoms with van der Waals surface area (Å²) in [5.74, 6) is -0.346. The van der Waals surface area contributed by atoms with Crippen LogP contribution in [0.3, 0.4) is 0 Å². The monoisotopic (exact) mass is 363 g/mol. The molecule has 2 atom stereocenters. The van der Waals surface area contributed by atoms with E-state index in [0.29, 0.717) is 13.1 Å². The summed E-state index contributed by atoms with van der Waals surface area (Å²) in [6.45, 7) is 5.06. The molecule has 1 aliphatic rings. The fraction of sp³-hybridized carbons (Fsp3) is 0.500. The molecule has 0 unspecified atom stereocenters. The molecule has 1 N–H and O–H groups in total. The molecule has 7 heteroatoms. The maximum Gasteiger partial charge on any atom is 0.214 e. The van der Waals surface area contributed by atoms with Gasteiger partial charge in [-0.1, -0.05) is 12.1 Å². The Balaban J connectivity index is 1.92. The summed E-state index contributed by atoms with van der Waals surface area (Å²) in [4.78, 5) is 6.57. The minimum absolute atomic E-state index is 0.0428. The SMILES string of the molecule is Cc1ccc2c(N3C[C@@H](CS(=O)(=O)N(C)C)[C@H](O)C3)ccnc2c1C. The third-order valence-corrected chi connectivity index (χ3v) is 7.10. The highest BCUT2D eigenvalue weighted by Gasteiger charge is 2.36. The van der Waals surface area contributed by atoms with Crippen molar-refractivity contribution in [3.8, 4) is 0 Å². The molecular formula is C18H25N3O3S. The average molecular weight is 363 g/mol. The second-order valence-electron chi connectivity index (χ2n) is 7.03. The molecule has 3 rings (SSSR count). The van der Waals surface area contributed by atoms with Crippen molar-refractivity contribution in [1.29, 1.82) is 0 Å². The number of benzene rings is 1. The first-order valence-corrected chi connectivity index (χ1v) is 10.00. The number of rotatable bonds is 4. The third kappa shape index (κ3) is 3.36. The van der Waals surface area contributed by atoms with Crippen LogP contribution in [0.25, 0.3) is 10.9 Å². The second-order valence-corrected chi connectivity index (χ2v) is 9.25. The van der Waals surface area contributed by atoms with E-state index in [0.717, 1.165) is 22.2 Å². The molecule has 1 fully saturated rings. The largest absolute Gasteiger partial charge is 0.391 e. The van der Waals surface area contributed by atoms with E-state index >= 15 is 0 Å². The molecule has 0 aliphatic carbocycles. The van der Waals surface area contributed by atoms with Crippen molar-refractivity contribution in [2.24, 2.45) is 5.92 Å². The van der Waals surface area contributed by atoms with Gasteiger partial charge in [0.15, 0.2) is 0 Å². The molecule has 2 heterocycles. The number of aliphatic hydroxyl groups is 1. The van der Waals surface area contributed by atoms with E-state index in [-0.39, 0.29) is 11.7 Å². The predicted octanol–water partition coefficient (Wildman–Crippen LogP) is 1.54. The van der Waals surface area contributed by atoms with Crippen LogP contribution in [0.5, 0.6) is 0 Å². The van der Waals surface area contributed by atoms with Crippen molar-refractivity contribution < 1.29 is 13.5 Å². The van der Waals surface area contributed by atoms with Gasteiger partial charge in [-0.2, -0.15) is 0 Å². The van der Waals surface area contributed by atoms with E-state index in [1.165, 1.54) is 24.0 Å². The number of hydrogen-bond donors (Lipinski definition) is 1. The van der Waals surface area contributed by atoms with Crippen LogP contribution in [0.4, 0.5) is 5.69 Å². The maximum absolute atomic E-state index is 12.2. The number of fused-ring (bicyclic) bond motifs is 1. The Morgan fingerprint density at radius 1 is 1.24 bits per heavy atom. The number of nitrogens with zero attached hydrogens (tertiary/aromatic N) is 3. The van der Waals surface area contributed by atoms with Gasteiger partial charge in [-0.3, -0.25) is 4.98 Å². The number of sulfonamides is 1. The van der Waals surface area contributed by atoms with E-state index in [9.17, 15) is 13.5 Å². The summed E-state index contributed by atoms with van der Waals surface area (Å²) in [6.07, 6.45) is 1.12. The number of pyridine rings is 1. The highest BCUT2D eigenvalue weighted by molar-refractivity contribution is 7.89. The molecule has 1 aromatic heterocycles. The van der Waals surface area contributed by atoms with Gasteiger partial charge in [0.25, 0.3) is 0 Å². The van der Waals surface area contributed by atoms with Gasteiger partial charge in [0.1, 0.15) is 0 Å². The maximum atomic E-state index is 12.2. The summed E-state index contributed by atoms with van der Waals surface area (Å²) >= 11 is 0. The minimum atomic E-state index is -3.34. The van der Waals surface area contributed by atoms with E-state index in [4.69, 9.17) is 0 Å². The first-order valence-electron chi connectivity index (χ1n) is 8.39. The van der Waals surface area contributed by atoms with Gasteiger partial charge in [-0.25, -0.2) is 12.7 Å². The molecule has 6 nitrogen and oxygen atoms in total. The lowest BCUT2D eigenvalue weighted by Crippen LogP contribution is -2.33. The van der Waals surface area contributed by atoms with Gasteiger partial charge >= 0.3 is 0 Å². The van der Waals surface area contributed by atoms with Crippen LogP contribution < -0.4 is 4.90 Å². The van der Waals surface area contributed by atoms with Crippen LogP contribution in [0.2, 0.25) is 0 Å². The number of hydrogen-bond acceptors (Lipinski definition) is 5. The quantitative estimate of drug-likeness (QED) is 0.892. The van der Waals surface area contributed by atoms with Gasteiger partial charge in [-0.05, 0) is 31.0 Å². The van der Waals surface area contributed by atoms with E-state index in [2.05, 4.69) is 35.9 Å². The molecule has 136 valence electrons. The summed E-state index contributed by atoms with van der Waals surface area (Å²) < 4.78 is 25.5. The molecule has 1 saturated heterocycles. The normalized spacial score (nSPS) is 21.4. The molecule has 1 aliphatic heterocycles.